The molecular weight excluding hydrogens is 396 g/mol. The summed E-state index contributed by atoms with van der Waals surface area (Å²) in [5, 5.41) is 5.76. The molecule has 0 saturated carbocycles. The number of rotatable bonds is 5. The first-order chi connectivity index (χ1) is 11.7. The number of hydrogen-bond donors (Lipinski definition) is 1. The summed E-state index contributed by atoms with van der Waals surface area (Å²) in [6.07, 6.45) is 2.48. The molecule has 1 aromatic carbocycles. The maximum absolute atomic E-state index is 13.7. The van der Waals surface area contributed by atoms with Gasteiger partial charge in [0.15, 0.2) is 0 Å². The summed E-state index contributed by atoms with van der Waals surface area (Å²) in [5.41, 5.74) is 1.09. The van der Waals surface area contributed by atoms with Crippen LogP contribution in [0.15, 0.2) is 29.6 Å². The summed E-state index contributed by atoms with van der Waals surface area (Å²) in [6.45, 7) is 2.57. The number of likely N-dealkylation sites (tertiary alicyclic amines) is 1. The number of halogens is 3. The fraction of sp³-hybridized carbons (Fsp3) is 0.444. The number of nitrogens with one attached hydrogen (secondary N) is 1. The van der Waals surface area contributed by atoms with Crippen LogP contribution in [-0.2, 0) is 6.42 Å². The van der Waals surface area contributed by atoms with Crippen molar-refractivity contribution in [3.63, 3.8) is 0 Å². The average molecular weight is 420 g/mol. The first-order valence-electron chi connectivity index (χ1n) is 8.29. The summed E-state index contributed by atoms with van der Waals surface area (Å²) < 4.78 is 13.7. The van der Waals surface area contributed by atoms with Crippen LogP contribution in [0, 0.1) is 11.7 Å². The van der Waals surface area contributed by atoms with Crippen molar-refractivity contribution in [1.82, 2.24) is 15.2 Å². The maximum atomic E-state index is 13.7. The number of hydrogen-bond acceptors (Lipinski definition) is 4. The molecule has 1 N–H and O–H groups in total. The summed E-state index contributed by atoms with van der Waals surface area (Å²) >= 11 is 1.42. The van der Waals surface area contributed by atoms with Crippen molar-refractivity contribution in [2.75, 3.05) is 26.7 Å². The summed E-state index contributed by atoms with van der Waals surface area (Å²) in [7, 11) is 1.96. The number of piperidine rings is 1. The molecule has 1 saturated heterocycles. The topological polar surface area (TPSA) is 45.2 Å². The van der Waals surface area contributed by atoms with E-state index in [1.807, 2.05) is 18.0 Å². The monoisotopic (exact) mass is 419 g/mol. The zero-order valence-electron chi connectivity index (χ0n) is 14.6. The number of thiazole rings is 1. The molecule has 1 aliphatic rings. The minimum atomic E-state index is -0.229. The van der Waals surface area contributed by atoms with Gasteiger partial charge in [-0.2, -0.15) is 0 Å². The fourth-order valence-electron chi connectivity index (χ4n) is 3.09. The maximum Gasteiger partial charge on any atom is 0.273 e. The summed E-state index contributed by atoms with van der Waals surface area (Å²) in [5.74, 6) is 0.409. The second-order valence-electron chi connectivity index (χ2n) is 6.19. The Morgan fingerprint density at radius 1 is 1.31 bits per heavy atom. The normalized spacial score (nSPS) is 14.5. The van der Waals surface area contributed by atoms with Crippen LogP contribution in [0.1, 0.15) is 33.9 Å². The highest BCUT2D eigenvalue weighted by Crippen LogP contribution is 2.21. The molecule has 1 fully saturated rings. The third-order valence-electron chi connectivity index (χ3n) is 4.46. The Labute approximate surface area is 170 Å². The van der Waals surface area contributed by atoms with Gasteiger partial charge in [0.2, 0.25) is 0 Å². The van der Waals surface area contributed by atoms with Crippen LogP contribution >= 0.6 is 36.2 Å². The van der Waals surface area contributed by atoms with E-state index in [4.69, 9.17) is 0 Å². The third kappa shape index (κ3) is 5.64. The van der Waals surface area contributed by atoms with Gasteiger partial charge in [0.1, 0.15) is 11.5 Å². The SMILES string of the molecule is CNCC1CCN(C(=O)c2csc(Cc3ccccc3F)n2)CC1.Cl.Cl. The van der Waals surface area contributed by atoms with Crippen LogP contribution in [0.2, 0.25) is 0 Å². The van der Waals surface area contributed by atoms with Gasteiger partial charge in [0.25, 0.3) is 5.91 Å². The molecule has 2 heterocycles. The van der Waals surface area contributed by atoms with Crippen LogP contribution in [0.25, 0.3) is 0 Å². The molecule has 1 amide bonds. The van der Waals surface area contributed by atoms with E-state index < -0.39 is 0 Å². The number of carbonyl (C=O) groups excluding carboxylic acids is 1. The van der Waals surface area contributed by atoms with E-state index in [9.17, 15) is 9.18 Å². The minimum absolute atomic E-state index is 0. The van der Waals surface area contributed by atoms with Gasteiger partial charge in [-0.15, -0.1) is 36.2 Å². The molecule has 3 rings (SSSR count). The van der Waals surface area contributed by atoms with Crippen molar-refractivity contribution in [3.05, 3.63) is 51.7 Å². The largest absolute Gasteiger partial charge is 0.337 e. The Balaban J connectivity index is 0.00000169. The molecule has 0 radical (unpaired) electrons. The Morgan fingerprint density at radius 2 is 2.00 bits per heavy atom. The first-order valence-corrected chi connectivity index (χ1v) is 9.17. The van der Waals surface area contributed by atoms with Crippen LogP contribution in [0.5, 0.6) is 0 Å². The smallest absolute Gasteiger partial charge is 0.273 e. The number of benzene rings is 1. The lowest BCUT2D eigenvalue weighted by Crippen LogP contribution is -2.40. The predicted molar refractivity (Wildman–Crippen MR) is 108 cm³/mol. The van der Waals surface area contributed by atoms with Gasteiger partial charge in [-0.3, -0.25) is 4.79 Å². The van der Waals surface area contributed by atoms with E-state index in [-0.39, 0.29) is 36.5 Å². The Bertz CT molecular complexity index is 705. The molecule has 144 valence electrons. The Morgan fingerprint density at radius 3 is 2.65 bits per heavy atom. The van der Waals surface area contributed by atoms with Crippen LogP contribution in [0.3, 0.4) is 0 Å². The van der Waals surface area contributed by atoms with Crippen LogP contribution < -0.4 is 5.32 Å². The number of aromatic nitrogens is 1. The second-order valence-corrected chi connectivity index (χ2v) is 7.13. The number of nitrogens with zero attached hydrogens (tertiary/aromatic N) is 2. The Hall–Kier alpha value is -1.21. The highest BCUT2D eigenvalue weighted by molar-refractivity contribution is 7.09. The minimum Gasteiger partial charge on any atom is -0.337 e. The average Bonchev–Trinajstić information content (AvgIpc) is 3.06. The predicted octanol–water partition coefficient (Wildman–Crippen LogP) is 3.79. The van der Waals surface area contributed by atoms with E-state index in [2.05, 4.69) is 10.3 Å². The molecule has 0 atom stereocenters. The van der Waals surface area contributed by atoms with Gasteiger partial charge in [0, 0.05) is 24.9 Å². The highest BCUT2D eigenvalue weighted by atomic mass is 35.5. The second kappa shape index (κ2) is 10.8. The van der Waals surface area contributed by atoms with Gasteiger partial charge < -0.3 is 10.2 Å². The molecule has 8 heteroatoms. The van der Waals surface area contributed by atoms with Crippen molar-refractivity contribution >= 4 is 42.1 Å². The quantitative estimate of drug-likeness (QED) is 0.801. The lowest BCUT2D eigenvalue weighted by molar-refractivity contribution is 0.0685. The molecule has 1 aliphatic heterocycles. The van der Waals surface area contributed by atoms with E-state index in [0.29, 0.717) is 23.6 Å². The van der Waals surface area contributed by atoms with Crippen LogP contribution in [-0.4, -0.2) is 42.5 Å². The van der Waals surface area contributed by atoms with Gasteiger partial charge in [0.05, 0.1) is 5.01 Å². The standard InChI is InChI=1S/C18H22FN3OS.2ClH/c1-20-11-13-6-8-22(9-7-13)18(23)16-12-24-17(21-16)10-14-4-2-3-5-15(14)19;;/h2-5,12-13,20H,6-11H2,1H3;2*1H. The van der Waals surface area contributed by atoms with Gasteiger partial charge in [-0.05, 0) is 44.0 Å². The zero-order valence-corrected chi connectivity index (χ0v) is 17.1. The summed E-state index contributed by atoms with van der Waals surface area (Å²) in [6, 6.07) is 6.69. The van der Waals surface area contributed by atoms with E-state index in [1.54, 1.807) is 17.5 Å². The van der Waals surface area contributed by atoms with Crippen molar-refractivity contribution in [3.8, 4) is 0 Å². The van der Waals surface area contributed by atoms with Crippen molar-refractivity contribution < 1.29 is 9.18 Å². The van der Waals surface area contributed by atoms with Crippen molar-refractivity contribution in [2.24, 2.45) is 5.92 Å². The third-order valence-corrected chi connectivity index (χ3v) is 5.31. The molecule has 0 bridgehead atoms. The van der Waals surface area contributed by atoms with Gasteiger partial charge in [-0.1, -0.05) is 18.2 Å². The van der Waals surface area contributed by atoms with Crippen molar-refractivity contribution in [2.45, 2.75) is 19.3 Å². The zero-order chi connectivity index (χ0) is 16.9. The molecule has 0 spiro atoms. The van der Waals surface area contributed by atoms with Crippen LogP contribution in [0.4, 0.5) is 4.39 Å². The van der Waals surface area contributed by atoms with E-state index in [1.165, 1.54) is 17.4 Å². The number of carbonyl (C=O) groups is 1. The molecule has 26 heavy (non-hydrogen) atoms. The van der Waals surface area contributed by atoms with Gasteiger partial charge in [-0.25, -0.2) is 9.37 Å². The molecule has 1 aromatic heterocycles. The van der Waals surface area contributed by atoms with Crippen molar-refractivity contribution in [1.29, 1.82) is 0 Å². The molecule has 0 aliphatic carbocycles. The molecular formula is C18H24Cl2FN3OS. The molecule has 4 nitrogen and oxygen atoms in total. The molecule has 0 unspecified atom stereocenters. The Kier molecular flexibility index (Phi) is 9.50. The number of amides is 1. The van der Waals surface area contributed by atoms with E-state index >= 15 is 0 Å². The first kappa shape index (κ1) is 22.8. The highest BCUT2D eigenvalue weighted by Gasteiger charge is 2.24. The lowest BCUT2D eigenvalue weighted by atomic mass is 9.97. The molecule has 2 aromatic rings. The van der Waals surface area contributed by atoms with E-state index in [0.717, 1.165) is 37.5 Å². The summed E-state index contributed by atoms with van der Waals surface area (Å²) in [4.78, 5) is 18.9. The van der Waals surface area contributed by atoms with Gasteiger partial charge >= 0.3 is 0 Å². The fourth-order valence-corrected chi connectivity index (χ4v) is 3.88. The lowest BCUT2D eigenvalue weighted by Gasteiger charge is -2.31.